The van der Waals surface area contributed by atoms with Crippen molar-refractivity contribution in [2.45, 2.75) is 38.5 Å². The minimum absolute atomic E-state index is 0.133. The minimum atomic E-state index is -1.28. The summed E-state index contributed by atoms with van der Waals surface area (Å²) in [6.07, 6.45) is 2.41. The molecule has 20 heavy (non-hydrogen) atoms. The number of carbonyl (C=O) groups excluding carboxylic acids is 1. The number of hydrogen-bond acceptors (Lipinski definition) is 2. The first kappa shape index (κ1) is 14.6. The summed E-state index contributed by atoms with van der Waals surface area (Å²) >= 11 is 0. The predicted molar refractivity (Wildman–Crippen MR) is 68.5 cm³/mol. The van der Waals surface area contributed by atoms with Crippen molar-refractivity contribution in [3.8, 4) is 0 Å². The number of benzene rings is 1. The molecule has 0 aromatic heterocycles. The molecule has 1 N–H and O–H groups in total. The van der Waals surface area contributed by atoms with E-state index in [0.29, 0.717) is 18.4 Å². The molecule has 0 spiro atoms. The number of rotatable bonds is 4. The number of halogens is 2. The first-order chi connectivity index (χ1) is 9.40. The molecule has 1 aromatic carbocycles. The number of ketones is 1. The van der Waals surface area contributed by atoms with Crippen molar-refractivity contribution in [1.29, 1.82) is 0 Å². The molecule has 1 fully saturated rings. The topological polar surface area (TPSA) is 54.4 Å². The van der Waals surface area contributed by atoms with E-state index in [-0.39, 0.29) is 11.7 Å². The largest absolute Gasteiger partial charge is 0.481 e. The Labute approximate surface area is 115 Å². The van der Waals surface area contributed by atoms with E-state index in [1.165, 1.54) is 6.92 Å². The van der Waals surface area contributed by atoms with Gasteiger partial charge in [-0.15, -0.1) is 0 Å². The number of carboxylic acids is 1. The van der Waals surface area contributed by atoms with Crippen LogP contribution in [0.3, 0.4) is 0 Å². The first-order valence-corrected chi connectivity index (χ1v) is 6.63. The molecule has 5 heteroatoms. The highest BCUT2D eigenvalue weighted by Gasteiger charge is 2.27. The van der Waals surface area contributed by atoms with Gasteiger partial charge in [-0.25, -0.2) is 8.78 Å². The van der Waals surface area contributed by atoms with Crippen LogP contribution < -0.4 is 0 Å². The summed E-state index contributed by atoms with van der Waals surface area (Å²) in [5.41, 5.74) is -0.0272. The minimum Gasteiger partial charge on any atom is -0.481 e. The van der Waals surface area contributed by atoms with Crippen molar-refractivity contribution in [3.63, 3.8) is 0 Å². The molecule has 2 unspecified atom stereocenters. The van der Waals surface area contributed by atoms with Crippen molar-refractivity contribution < 1.29 is 23.5 Å². The van der Waals surface area contributed by atoms with E-state index in [0.717, 1.165) is 25.0 Å². The molecule has 1 aromatic rings. The van der Waals surface area contributed by atoms with Crippen LogP contribution in [0.1, 0.15) is 43.2 Å². The second kappa shape index (κ2) is 5.69. The van der Waals surface area contributed by atoms with Crippen LogP contribution in [-0.4, -0.2) is 16.9 Å². The molecule has 0 radical (unpaired) electrons. The molecule has 0 saturated heterocycles. The van der Waals surface area contributed by atoms with Gasteiger partial charge in [-0.05, 0) is 43.9 Å². The van der Waals surface area contributed by atoms with Crippen LogP contribution >= 0.6 is 0 Å². The van der Waals surface area contributed by atoms with Gasteiger partial charge in [-0.2, -0.15) is 0 Å². The van der Waals surface area contributed by atoms with E-state index in [9.17, 15) is 18.4 Å². The van der Waals surface area contributed by atoms with E-state index >= 15 is 0 Å². The quantitative estimate of drug-likeness (QED) is 0.923. The van der Waals surface area contributed by atoms with Crippen LogP contribution in [-0.2, 0) is 16.0 Å². The molecule has 1 aliphatic carbocycles. The maximum Gasteiger partial charge on any atom is 0.310 e. The van der Waals surface area contributed by atoms with Crippen LogP contribution in [0.2, 0.25) is 0 Å². The zero-order valence-electron chi connectivity index (χ0n) is 11.2. The Hall–Kier alpha value is -1.78. The molecule has 1 aliphatic rings. The number of carboxylic acid groups (broad SMARTS) is 1. The lowest BCUT2D eigenvalue weighted by Crippen LogP contribution is -2.14. The lowest BCUT2D eigenvalue weighted by molar-refractivity contribution is -0.138. The molecule has 0 heterocycles. The standard InChI is InChI=1S/C15H16F2O3/c1-8(15(19)20)14-11(16)6-9(7-12(14)17)5-10-3-2-4-13(10)18/h6-8,10H,2-5H2,1H3,(H,19,20). The molecule has 2 atom stereocenters. The van der Waals surface area contributed by atoms with Crippen LogP contribution in [0, 0.1) is 17.6 Å². The van der Waals surface area contributed by atoms with Gasteiger partial charge in [0.05, 0.1) is 5.92 Å². The Morgan fingerprint density at radius 1 is 1.40 bits per heavy atom. The molecule has 2 rings (SSSR count). The summed E-state index contributed by atoms with van der Waals surface area (Å²) in [6.45, 7) is 1.24. The highest BCUT2D eigenvalue weighted by molar-refractivity contribution is 5.83. The monoisotopic (exact) mass is 282 g/mol. The van der Waals surface area contributed by atoms with E-state index < -0.39 is 29.1 Å². The van der Waals surface area contributed by atoms with Crippen molar-refractivity contribution in [2.24, 2.45) is 5.92 Å². The van der Waals surface area contributed by atoms with Gasteiger partial charge < -0.3 is 5.11 Å². The molecule has 0 aliphatic heterocycles. The Kier molecular flexibility index (Phi) is 4.16. The van der Waals surface area contributed by atoms with Crippen molar-refractivity contribution in [1.82, 2.24) is 0 Å². The van der Waals surface area contributed by atoms with E-state index in [4.69, 9.17) is 5.11 Å². The summed E-state index contributed by atoms with van der Waals surface area (Å²) in [4.78, 5) is 22.4. The average molecular weight is 282 g/mol. The fourth-order valence-electron chi connectivity index (χ4n) is 2.68. The molecule has 108 valence electrons. The average Bonchev–Trinajstić information content (AvgIpc) is 2.74. The van der Waals surface area contributed by atoms with Crippen molar-refractivity contribution in [2.75, 3.05) is 0 Å². The highest BCUT2D eigenvalue weighted by Crippen LogP contribution is 2.28. The van der Waals surface area contributed by atoms with Crippen molar-refractivity contribution >= 4 is 11.8 Å². The second-order valence-corrected chi connectivity index (χ2v) is 5.29. The highest BCUT2D eigenvalue weighted by atomic mass is 19.1. The van der Waals surface area contributed by atoms with Crippen LogP contribution in [0.15, 0.2) is 12.1 Å². The Balaban J connectivity index is 2.26. The number of Topliss-reactive ketones (excluding diaryl/α,β-unsaturated/α-hetero) is 1. The molecule has 1 saturated carbocycles. The molecule has 0 bridgehead atoms. The number of carbonyl (C=O) groups is 2. The van der Waals surface area contributed by atoms with Crippen LogP contribution in [0.25, 0.3) is 0 Å². The maximum atomic E-state index is 13.9. The normalized spacial score (nSPS) is 20.1. The van der Waals surface area contributed by atoms with Gasteiger partial charge in [-0.1, -0.05) is 0 Å². The van der Waals surface area contributed by atoms with Gasteiger partial charge >= 0.3 is 5.97 Å². The fourth-order valence-corrected chi connectivity index (χ4v) is 2.68. The smallest absolute Gasteiger partial charge is 0.310 e. The third-order valence-electron chi connectivity index (χ3n) is 3.86. The van der Waals surface area contributed by atoms with Crippen LogP contribution in [0.4, 0.5) is 8.78 Å². The summed E-state index contributed by atoms with van der Waals surface area (Å²) in [5, 5.41) is 8.84. The van der Waals surface area contributed by atoms with Gasteiger partial charge in [0.25, 0.3) is 0 Å². The van der Waals surface area contributed by atoms with Crippen LogP contribution in [0.5, 0.6) is 0 Å². The Morgan fingerprint density at radius 2 is 2.00 bits per heavy atom. The molecular weight excluding hydrogens is 266 g/mol. The molecule has 0 amide bonds. The summed E-state index contributed by atoms with van der Waals surface area (Å²) in [7, 11) is 0. The Bertz CT molecular complexity index is 531. The second-order valence-electron chi connectivity index (χ2n) is 5.29. The number of aliphatic carboxylic acids is 1. The van der Waals surface area contributed by atoms with Gasteiger partial charge in [0.15, 0.2) is 0 Å². The van der Waals surface area contributed by atoms with E-state index in [2.05, 4.69) is 0 Å². The first-order valence-electron chi connectivity index (χ1n) is 6.63. The van der Waals surface area contributed by atoms with Crippen molar-refractivity contribution in [3.05, 3.63) is 34.9 Å². The van der Waals surface area contributed by atoms with E-state index in [1.54, 1.807) is 0 Å². The zero-order chi connectivity index (χ0) is 14.9. The predicted octanol–water partition coefficient (Wildman–Crippen LogP) is 3.06. The van der Waals surface area contributed by atoms with Gasteiger partial charge in [-0.3, -0.25) is 9.59 Å². The lowest BCUT2D eigenvalue weighted by atomic mass is 9.93. The Morgan fingerprint density at radius 3 is 2.45 bits per heavy atom. The summed E-state index contributed by atoms with van der Waals surface area (Å²) in [5.74, 6) is -4.27. The van der Waals surface area contributed by atoms with E-state index in [1.807, 2.05) is 0 Å². The number of hydrogen-bond donors (Lipinski definition) is 1. The molecular formula is C15H16F2O3. The lowest BCUT2D eigenvalue weighted by Gasteiger charge is -2.13. The van der Waals surface area contributed by atoms with Gasteiger partial charge in [0, 0.05) is 17.9 Å². The van der Waals surface area contributed by atoms with Gasteiger partial charge in [0.2, 0.25) is 0 Å². The zero-order valence-corrected chi connectivity index (χ0v) is 11.2. The third kappa shape index (κ3) is 2.86. The summed E-state index contributed by atoms with van der Waals surface area (Å²) in [6, 6.07) is 2.28. The fraction of sp³-hybridized carbons (Fsp3) is 0.467. The van der Waals surface area contributed by atoms with Gasteiger partial charge in [0.1, 0.15) is 17.4 Å². The maximum absolute atomic E-state index is 13.9. The SMILES string of the molecule is CC(C(=O)O)c1c(F)cc(CC2CCCC2=O)cc1F. The molecule has 3 nitrogen and oxygen atoms in total. The third-order valence-corrected chi connectivity index (χ3v) is 3.86. The summed E-state index contributed by atoms with van der Waals surface area (Å²) < 4.78 is 27.8.